The molecule has 1 saturated heterocycles. The Kier molecular flexibility index (Phi) is 8.06. The molecular formula is C29H48N2O3. The zero-order valence-electron chi connectivity index (χ0n) is 22.9. The molecule has 5 nitrogen and oxygen atoms in total. The van der Waals surface area contributed by atoms with Gasteiger partial charge in [0.15, 0.2) is 0 Å². The SMILES string of the molecule is CC(C)OC(=O)C1=CC=C([C@@H](CCC(C)(C)C)N2C(=O)CNC23CCC(C(C)(C)C)CC3)CC1. The van der Waals surface area contributed by atoms with Crippen molar-refractivity contribution in [2.75, 3.05) is 6.54 Å². The van der Waals surface area contributed by atoms with Crippen molar-refractivity contribution in [1.82, 2.24) is 10.2 Å². The van der Waals surface area contributed by atoms with E-state index < -0.39 is 0 Å². The van der Waals surface area contributed by atoms with Gasteiger partial charge in [0.25, 0.3) is 0 Å². The van der Waals surface area contributed by atoms with Crippen LogP contribution < -0.4 is 5.32 Å². The highest BCUT2D eigenvalue weighted by atomic mass is 16.5. The minimum absolute atomic E-state index is 0.0758. The Morgan fingerprint density at radius 2 is 1.76 bits per heavy atom. The summed E-state index contributed by atoms with van der Waals surface area (Å²) >= 11 is 0. The molecule has 0 aromatic rings. The maximum absolute atomic E-state index is 13.4. The maximum Gasteiger partial charge on any atom is 0.334 e. The molecule has 3 aliphatic rings. The number of carbonyl (C=O) groups excluding carboxylic acids is 2. The number of carbonyl (C=O) groups is 2. The van der Waals surface area contributed by atoms with Gasteiger partial charge in [-0.1, -0.05) is 53.7 Å². The van der Waals surface area contributed by atoms with Crippen LogP contribution >= 0.6 is 0 Å². The van der Waals surface area contributed by atoms with E-state index in [9.17, 15) is 9.59 Å². The van der Waals surface area contributed by atoms with E-state index >= 15 is 0 Å². The van der Waals surface area contributed by atoms with E-state index in [1.807, 2.05) is 19.9 Å². The van der Waals surface area contributed by atoms with E-state index in [1.165, 1.54) is 5.57 Å². The van der Waals surface area contributed by atoms with Gasteiger partial charge in [-0.3, -0.25) is 10.1 Å². The van der Waals surface area contributed by atoms with Crippen LogP contribution in [0.2, 0.25) is 0 Å². The van der Waals surface area contributed by atoms with Crippen LogP contribution in [0.15, 0.2) is 23.3 Å². The molecule has 0 radical (unpaired) electrons. The lowest BCUT2D eigenvalue weighted by molar-refractivity contribution is -0.143. The number of nitrogens with one attached hydrogen (secondary N) is 1. The van der Waals surface area contributed by atoms with E-state index in [0.717, 1.165) is 50.5 Å². The lowest BCUT2D eigenvalue weighted by atomic mass is 9.69. The topological polar surface area (TPSA) is 58.6 Å². The van der Waals surface area contributed by atoms with E-state index in [1.54, 1.807) is 0 Å². The monoisotopic (exact) mass is 472 g/mol. The average Bonchev–Trinajstić information content (AvgIpc) is 3.03. The Hall–Kier alpha value is -1.62. The number of ether oxygens (including phenoxy) is 1. The van der Waals surface area contributed by atoms with Crippen molar-refractivity contribution in [3.05, 3.63) is 23.3 Å². The summed E-state index contributed by atoms with van der Waals surface area (Å²) in [5.41, 5.74) is 2.28. The summed E-state index contributed by atoms with van der Waals surface area (Å²) in [5.74, 6) is 0.701. The molecule has 0 aromatic carbocycles. The third kappa shape index (κ3) is 6.33. The summed E-state index contributed by atoms with van der Waals surface area (Å²) in [6.07, 6.45) is 11.7. The standard InChI is InChI=1S/C29H48N2O3/c1-20(2)34-26(33)22-11-9-21(10-12-22)24(15-16-27(3,4)5)31-25(32)19-30-29(31)17-13-23(14-18-29)28(6,7)8/h9,11,20,23-24,30H,10,12-19H2,1-8H3/t23?,24-,29?/m1/s1. The van der Waals surface area contributed by atoms with Crippen molar-refractivity contribution in [1.29, 1.82) is 0 Å². The van der Waals surface area contributed by atoms with Crippen molar-refractivity contribution in [2.24, 2.45) is 16.7 Å². The summed E-state index contributed by atoms with van der Waals surface area (Å²) in [5, 5.41) is 3.67. The highest BCUT2D eigenvalue weighted by Gasteiger charge is 2.51. The molecule has 192 valence electrons. The molecule has 1 heterocycles. The van der Waals surface area contributed by atoms with Gasteiger partial charge in [0, 0.05) is 5.57 Å². The molecule has 1 saturated carbocycles. The van der Waals surface area contributed by atoms with Crippen molar-refractivity contribution in [2.45, 2.75) is 125 Å². The Balaban J connectivity index is 1.88. The van der Waals surface area contributed by atoms with Gasteiger partial charge in [0.1, 0.15) is 0 Å². The van der Waals surface area contributed by atoms with Gasteiger partial charge in [-0.25, -0.2) is 4.79 Å². The van der Waals surface area contributed by atoms with Gasteiger partial charge in [0.05, 0.1) is 24.4 Å². The van der Waals surface area contributed by atoms with Crippen LogP contribution in [0.3, 0.4) is 0 Å². The molecule has 1 aliphatic heterocycles. The van der Waals surface area contributed by atoms with Crippen molar-refractivity contribution < 1.29 is 14.3 Å². The second kappa shape index (κ2) is 10.2. The summed E-state index contributed by atoms with van der Waals surface area (Å²) in [4.78, 5) is 28.0. The zero-order chi connectivity index (χ0) is 25.3. The summed E-state index contributed by atoms with van der Waals surface area (Å²) in [6, 6.07) is 0.0758. The molecule has 2 aliphatic carbocycles. The number of hydrogen-bond donors (Lipinski definition) is 1. The lowest BCUT2D eigenvalue weighted by Crippen LogP contribution is -2.59. The fourth-order valence-corrected chi connectivity index (χ4v) is 5.94. The molecule has 1 spiro atoms. The summed E-state index contributed by atoms with van der Waals surface area (Å²) in [6.45, 7) is 18.0. The second-order valence-corrected chi connectivity index (χ2v) is 13.3. The molecular weight excluding hydrogens is 424 g/mol. The first kappa shape index (κ1) is 27.0. The number of amides is 1. The Bertz CT molecular complexity index is 817. The molecule has 1 atom stereocenters. The first-order valence-corrected chi connectivity index (χ1v) is 13.4. The first-order valence-electron chi connectivity index (χ1n) is 13.4. The van der Waals surface area contributed by atoms with Crippen LogP contribution in [-0.2, 0) is 14.3 Å². The number of rotatable bonds is 6. The minimum atomic E-state index is -0.233. The smallest absolute Gasteiger partial charge is 0.334 e. The first-order chi connectivity index (χ1) is 15.7. The highest BCUT2D eigenvalue weighted by Crippen LogP contribution is 2.46. The third-order valence-electron chi connectivity index (χ3n) is 8.03. The normalized spacial score (nSPS) is 27.1. The van der Waals surface area contributed by atoms with E-state index in [-0.39, 0.29) is 35.1 Å². The predicted molar refractivity (Wildman–Crippen MR) is 138 cm³/mol. The van der Waals surface area contributed by atoms with Crippen molar-refractivity contribution in [3.63, 3.8) is 0 Å². The van der Waals surface area contributed by atoms with Gasteiger partial charge < -0.3 is 9.64 Å². The van der Waals surface area contributed by atoms with Gasteiger partial charge in [-0.2, -0.15) is 0 Å². The van der Waals surface area contributed by atoms with Crippen molar-refractivity contribution in [3.8, 4) is 0 Å². The number of allylic oxidation sites excluding steroid dienone is 2. The molecule has 0 aromatic heterocycles. The second-order valence-electron chi connectivity index (χ2n) is 13.3. The predicted octanol–water partition coefficient (Wildman–Crippen LogP) is 6.14. The lowest BCUT2D eigenvalue weighted by Gasteiger charge is -2.49. The van der Waals surface area contributed by atoms with E-state index in [2.05, 4.69) is 57.8 Å². The summed E-state index contributed by atoms with van der Waals surface area (Å²) < 4.78 is 5.41. The number of hydrogen-bond acceptors (Lipinski definition) is 4. The molecule has 1 N–H and O–H groups in total. The van der Waals surface area contributed by atoms with E-state index in [0.29, 0.717) is 24.3 Å². The largest absolute Gasteiger partial charge is 0.460 e. The molecule has 3 rings (SSSR count). The number of esters is 1. The van der Waals surface area contributed by atoms with Crippen LogP contribution in [0.4, 0.5) is 0 Å². The molecule has 2 fully saturated rings. The number of nitrogens with zero attached hydrogens (tertiary/aromatic N) is 1. The van der Waals surface area contributed by atoms with Crippen LogP contribution in [0.1, 0.15) is 107 Å². The van der Waals surface area contributed by atoms with Crippen LogP contribution in [-0.4, -0.2) is 41.1 Å². The van der Waals surface area contributed by atoms with Gasteiger partial charge >= 0.3 is 5.97 Å². The van der Waals surface area contributed by atoms with Crippen LogP contribution in [0, 0.1) is 16.7 Å². The highest BCUT2D eigenvalue weighted by molar-refractivity contribution is 5.89. The van der Waals surface area contributed by atoms with Crippen molar-refractivity contribution >= 4 is 11.9 Å². The molecule has 34 heavy (non-hydrogen) atoms. The third-order valence-corrected chi connectivity index (χ3v) is 8.03. The zero-order valence-corrected chi connectivity index (χ0v) is 22.9. The van der Waals surface area contributed by atoms with Gasteiger partial charge in [-0.05, 0) is 87.5 Å². The molecule has 0 bridgehead atoms. The quantitative estimate of drug-likeness (QED) is 0.472. The molecule has 5 heteroatoms. The maximum atomic E-state index is 13.4. The minimum Gasteiger partial charge on any atom is -0.460 e. The molecule has 1 amide bonds. The Morgan fingerprint density at radius 1 is 1.12 bits per heavy atom. The fraction of sp³-hybridized carbons (Fsp3) is 0.793. The van der Waals surface area contributed by atoms with Crippen LogP contribution in [0.25, 0.3) is 0 Å². The molecule has 0 unspecified atom stereocenters. The Morgan fingerprint density at radius 3 is 2.26 bits per heavy atom. The van der Waals surface area contributed by atoms with Gasteiger partial charge in [0.2, 0.25) is 5.91 Å². The van der Waals surface area contributed by atoms with Crippen LogP contribution in [0.5, 0.6) is 0 Å². The fourth-order valence-electron chi connectivity index (χ4n) is 5.94. The summed E-state index contributed by atoms with van der Waals surface area (Å²) in [7, 11) is 0. The van der Waals surface area contributed by atoms with E-state index in [4.69, 9.17) is 4.74 Å². The average molecular weight is 473 g/mol. The Labute approximate surface area is 207 Å². The van der Waals surface area contributed by atoms with Gasteiger partial charge in [-0.15, -0.1) is 0 Å².